The molecule has 2 amide bonds. The molecule has 6 heteroatoms. The van der Waals surface area contributed by atoms with Crippen LogP contribution in [0.4, 0.5) is 5.82 Å². The number of carbonyl (C=O) groups excluding carboxylic acids is 2. The normalized spacial score (nSPS) is 38.9. The summed E-state index contributed by atoms with van der Waals surface area (Å²) in [6.45, 7) is 6.37. The van der Waals surface area contributed by atoms with Crippen LogP contribution in [0.1, 0.15) is 76.5 Å². The SMILES string of the molecule is CN1C(=O)C=C[C@]2(C)C3CC[C@@]4(C)C(CC[C@@H]4CC(=O)NCc4ccc5c(n4)NCCC5)C3CCC12. The molecule has 3 fully saturated rings. The first-order valence-electron chi connectivity index (χ1n) is 14.2. The maximum absolute atomic E-state index is 13.1. The monoisotopic (exact) mass is 490 g/mol. The molecule has 36 heavy (non-hydrogen) atoms. The van der Waals surface area contributed by atoms with Crippen LogP contribution in [0.25, 0.3) is 0 Å². The molecule has 6 nitrogen and oxygen atoms in total. The Morgan fingerprint density at radius 1 is 1.17 bits per heavy atom. The van der Waals surface area contributed by atoms with E-state index in [1.54, 1.807) is 0 Å². The fourth-order valence-electron chi connectivity index (χ4n) is 9.13. The van der Waals surface area contributed by atoms with Crippen LogP contribution in [0, 0.1) is 34.5 Å². The van der Waals surface area contributed by atoms with E-state index in [1.807, 2.05) is 18.0 Å². The Labute approximate surface area is 215 Å². The van der Waals surface area contributed by atoms with Crippen molar-refractivity contribution in [2.24, 2.45) is 34.5 Å². The van der Waals surface area contributed by atoms with Gasteiger partial charge in [0.15, 0.2) is 0 Å². The molecule has 3 aliphatic carbocycles. The number of rotatable bonds is 4. The zero-order chi connectivity index (χ0) is 25.1. The number of hydrogen-bond donors (Lipinski definition) is 2. The largest absolute Gasteiger partial charge is 0.370 e. The average molecular weight is 491 g/mol. The molecule has 7 atom stereocenters. The summed E-state index contributed by atoms with van der Waals surface area (Å²) in [5.74, 6) is 3.80. The number of aromatic nitrogens is 1. The van der Waals surface area contributed by atoms with Crippen molar-refractivity contribution in [3.63, 3.8) is 0 Å². The van der Waals surface area contributed by atoms with E-state index in [-0.39, 0.29) is 22.6 Å². The molecule has 3 saturated carbocycles. The van der Waals surface area contributed by atoms with Gasteiger partial charge in [0.1, 0.15) is 5.82 Å². The molecule has 4 unspecified atom stereocenters. The molecule has 1 aromatic heterocycles. The van der Waals surface area contributed by atoms with Crippen molar-refractivity contribution in [1.29, 1.82) is 0 Å². The topological polar surface area (TPSA) is 74.3 Å². The third kappa shape index (κ3) is 3.78. The highest BCUT2D eigenvalue weighted by molar-refractivity contribution is 5.89. The number of hydrogen-bond acceptors (Lipinski definition) is 4. The highest BCUT2D eigenvalue weighted by Gasteiger charge is 2.60. The van der Waals surface area contributed by atoms with Crippen molar-refractivity contribution in [3.05, 3.63) is 35.5 Å². The van der Waals surface area contributed by atoms with Crippen LogP contribution in [0.5, 0.6) is 0 Å². The highest BCUT2D eigenvalue weighted by Crippen LogP contribution is 2.65. The molecule has 0 spiro atoms. The van der Waals surface area contributed by atoms with Gasteiger partial charge in [-0.3, -0.25) is 9.59 Å². The van der Waals surface area contributed by atoms with Crippen LogP contribution in [-0.4, -0.2) is 41.3 Å². The third-order valence-corrected chi connectivity index (χ3v) is 11.2. The van der Waals surface area contributed by atoms with Gasteiger partial charge in [-0.15, -0.1) is 0 Å². The second-order valence-electron chi connectivity index (χ2n) is 12.8. The zero-order valence-corrected chi connectivity index (χ0v) is 22.2. The van der Waals surface area contributed by atoms with Gasteiger partial charge in [-0.05, 0) is 98.2 Å². The van der Waals surface area contributed by atoms with E-state index in [2.05, 4.69) is 42.7 Å². The number of likely N-dealkylation sites (N-methyl/N-ethyl adjacent to an activating group) is 1. The summed E-state index contributed by atoms with van der Waals surface area (Å²) >= 11 is 0. The van der Waals surface area contributed by atoms with Crippen LogP contribution in [0.3, 0.4) is 0 Å². The number of aryl methyl sites for hydroxylation is 1. The molecule has 0 aromatic carbocycles. The summed E-state index contributed by atoms with van der Waals surface area (Å²) in [4.78, 5) is 32.1. The highest BCUT2D eigenvalue weighted by atomic mass is 16.2. The van der Waals surface area contributed by atoms with Gasteiger partial charge in [0.25, 0.3) is 0 Å². The lowest BCUT2D eigenvalue weighted by atomic mass is 9.47. The van der Waals surface area contributed by atoms with Crippen LogP contribution >= 0.6 is 0 Å². The first-order valence-corrected chi connectivity index (χ1v) is 14.2. The van der Waals surface area contributed by atoms with Gasteiger partial charge >= 0.3 is 0 Å². The Hall–Kier alpha value is -2.37. The quantitative estimate of drug-likeness (QED) is 0.642. The van der Waals surface area contributed by atoms with Crippen molar-refractivity contribution < 1.29 is 9.59 Å². The maximum atomic E-state index is 13.1. The fourth-order valence-corrected chi connectivity index (χ4v) is 9.13. The standard InChI is InChI=1S/C30H42N4O2/c1-29-14-12-24-22(9-11-25-30(24,2)15-13-27(36)34(25)3)23(29)10-7-20(29)17-26(35)32-18-21-8-6-19-5-4-16-31-28(19)33-21/h6,8,13,15,20,22-25H,4-5,7,9-12,14,16-18H2,1-3H3,(H,31,33)(H,32,35)/t20-,22?,23?,24?,25?,29-,30-/m1/s1. The van der Waals surface area contributed by atoms with Crippen molar-refractivity contribution >= 4 is 17.6 Å². The van der Waals surface area contributed by atoms with Gasteiger partial charge in [0.2, 0.25) is 11.8 Å². The van der Waals surface area contributed by atoms with Gasteiger partial charge in [-0.2, -0.15) is 0 Å². The molecule has 0 radical (unpaired) electrons. The van der Waals surface area contributed by atoms with Gasteiger partial charge < -0.3 is 15.5 Å². The van der Waals surface area contributed by atoms with E-state index >= 15 is 0 Å². The first-order chi connectivity index (χ1) is 17.3. The van der Waals surface area contributed by atoms with E-state index < -0.39 is 0 Å². The van der Waals surface area contributed by atoms with Crippen LogP contribution in [0.15, 0.2) is 24.3 Å². The van der Waals surface area contributed by atoms with Crippen LogP contribution in [-0.2, 0) is 22.6 Å². The number of pyridine rings is 1. The van der Waals surface area contributed by atoms with E-state index in [9.17, 15) is 9.59 Å². The Bertz CT molecular complexity index is 1080. The van der Waals surface area contributed by atoms with Crippen molar-refractivity contribution in [2.75, 3.05) is 18.9 Å². The lowest BCUT2D eigenvalue weighted by molar-refractivity contribution is -0.139. The Morgan fingerprint density at radius 2 is 2.03 bits per heavy atom. The lowest BCUT2D eigenvalue weighted by Gasteiger charge is -2.60. The molecule has 6 rings (SSSR count). The summed E-state index contributed by atoms with van der Waals surface area (Å²) in [5.41, 5.74) is 2.54. The molecule has 5 aliphatic rings. The number of anilines is 1. The predicted molar refractivity (Wildman–Crippen MR) is 141 cm³/mol. The molecule has 1 aromatic rings. The average Bonchev–Trinajstić information content (AvgIpc) is 3.21. The van der Waals surface area contributed by atoms with E-state index in [0.29, 0.717) is 42.7 Å². The van der Waals surface area contributed by atoms with Crippen molar-refractivity contribution in [1.82, 2.24) is 15.2 Å². The molecule has 3 heterocycles. The lowest BCUT2D eigenvalue weighted by Crippen LogP contribution is -2.59. The van der Waals surface area contributed by atoms with E-state index in [0.717, 1.165) is 43.7 Å². The Morgan fingerprint density at radius 3 is 2.89 bits per heavy atom. The Balaban J connectivity index is 1.10. The molecule has 0 saturated heterocycles. The summed E-state index contributed by atoms with van der Waals surface area (Å²) < 4.78 is 0. The minimum atomic E-state index is 0.0824. The first kappa shape index (κ1) is 24.0. The molecule has 0 bridgehead atoms. The molecule has 194 valence electrons. The van der Waals surface area contributed by atoms with Gasteiger partial charge in [0.05, 0.1) is 12.2 Å². The number of amides is 2. The second-order valence-corrected chi connectivity index (χ2v) is 12.8. The number of nitrogens with zero attached hydrogens (tertiary/aromatic N) is 2. The number of carbonyl (C=O) groups is 2. The molecule has 2 N–H and O–H groups in total. The van der Waals surface area contributed by atoms with Gasteiger partial charge in [-0.1, -0.05) is 26.0 Å². The number of nitrogens with one attached hydrogen (secondary N) is 2. The minimum absolute atomic E-state index is 0.0824. The third-order valence-electron chi connectivity index (χ3n) is 11.2. The summed E-state index contributed by atoms with van der Waals surface area (Å²) in [5, 5.41) is 6.56. The van der Waals surface area contributed by atoms with Gasteiger partial charge in [-0.25, -0.2) is 4.98 Å². The Kier molecular flexibility index (Phi) is 5.92. The van der Waals surface area contributed by atoms with E-state index in [1.165, 1.54) is 31.2 Å². The zero-order valence-electron chi connectivity index (χ0n) is 22.2. The molecular formula is C30H42N4O2. The summed E-state index contributed by atoms with van der Waals surface area (Å²) in [6.07, 6.45) is 14.1. The second kappa shape index (κ2) is 8.88. The van der Waals surface area contributed by atoms with Gasteiger partial charge in [0, 0.05) is 31.5 Å². The molecule has 2 aliphatic heterocycles. The molecular weight excluding hydrogens is 448 g/mol. The smallest absolute Gasteiger partial charge is 0.246 e. The van der Waals surface area contributed by atoms with Crippen LogP contribution < -0.4 is 10.6 Å². The summed E-state index contributed by atoms with van der Waals surface area (Å²) in [6, 6.07) is 4.54. The summed E-state index contributed by atoms with van der Waals surface area (Å²) in [7, 11) is 1.99. The minimum Gasteiger partial charge on any atom is -0.370 e. The number of fused-ring (bicyclic) bond motifs is 6. The predicted octanol–water partition coefficient (Wildman–Crippen LogP) is 4.70. The fraction of sp³-hybridized carbons (Fsp3) is 0.700. The van der Waals surface area contributed by atoms with Crippen molar-refractivity contribution in [2.45, 2.75) is 84.2 Å². The van der Waals surface area contributed by atoms with Crippen molar-refractivity contribution in [3.8, 4) is 0 Å². The van der Waals surface area contributed by atoms with E-state index in [4.69, 9.17) is 4.98 Å². The van der Waals surface area contributed by atoms with Crippen LogP contribution in [0.2, 0.25) is 0 Å². The maximum Gasteiger partial charge on any atom is 0.246 e.